The SMILES string of the molecule is Cn1ncc(Br)c1/C=C/c1cc(C(=O)O)ncn1. The molecule has 0 spiro atoms. The van der Waals surface area contributed by atoms with Crippen LogP contribution in [0.5, 0.6) is 0 Å². The number of aromatic carboxylic acids is 1. The number of halogens is 1. The van der Waals surface area contributed by atoms with E-state index in [1.807, 2.05) is 7.05 Å². The van der Waals surface area contributed by atoms with Crippen LogP contribution in [0.4, 0.5) is 0 Å². The van der Waals surface area contributed by atoms with Gasteiger partial charge in [-0.2, -0.15) is 5.10 Å². The number of aromatic nitrogens is 4. The zero-order chi connectivity index (χ0) is 13.1. The van der Waals surface area contributed by atoms with Crippen LogP contribution < -0.4 is 0 Å². The summed E-state index contributed by atoms with van der Waals surface area (Å²) in [4.78, 5) is 18.4. The van der Waals surface area contributed by atoms with Crippen molar-refractivity contribution in [3.8, 4) is 0 Å². The number of carboxylic acids is 1. The summed E-state index contributed by atoms with van der Waals surface area (Å²) in [6.07, 6.45) is 6.41. The summed E-state index contributed by atoms with van der Waals surface area (Å²) in [5.41, 5.74) is 1.36. The molecular formula is C11H9BrN4O2. The highest BCUT2D eigenvalue weighted by atomic mass is 79.9. The first kappa shape index (κ1) is 12.4. The average molecular weight is 309 g/mol. The zero-order valence-electron chi connectivity index (χ0n) is 9.41. The molecule has 18 heavy (non-hydrogen) atoms. The first-order valence-corrected chi connectivity index (χ1v) is 5.78. The lowest BCUT2D eigenvalue weighted by molar-refractivity contribution is 0.0690. The maximum Gasteiger partial charge on any atom is 0.354 e. The molecule has 0 fully saturated rings. The van der Waals surface area contributed by atoms with E-state index >= 15 is 0 Å². The van der Waals surface area contributed by atoms with Crippen LogP contribution in [0.1, 0.15) is 21.9 Å². The summed E-state index contributed by atoms with van der Waals surface area (Å²) in [5.74, 6) is -1.08. The monoisotopic (exact) mass is 308 g/mol. The molecular weight excluding hydrogens is 300 g/mol. The van der Waals surface area contributed by atoms with Crippen LogP contribution >= 0.6 is 15.9 Å². The van der Waals surface area contributed by atoms with Crippen LogP contribution in [0.15, 0.2) is 23.1 Å². The van der Waals surface area contributed by atoms with Crippen molar-refractivity contribution in [3.05, 3.63) is 40.1 Å². The minimum absolute atomic E-state index is 0.0336. The summed E-state index contributed by atoms with van der Waals surface area (Å²) >= 11 is 3.37. The van der Waals surface area contributed by atoms with Crippen LogP contribution in [-0.2, 0) is 7.05 Å². The first-order valence-electron chi connectivity index (χ1n) is 4.99. The minimum Gasteiger partial charge on any atom is -0.477 e. The van der Waals surface area contributed by atoms with Gasteiger partial charge in [-0.15, -0.1) is 0 Å². The van der Waals surface area contributed by atoms with Crippen molar-refractivity contribution < 1.29 is 9.90 Å². The highest BCUT2D eigenvalue weighted by molar-refractivity contribution is 9.10. The molecule has 0 aliphatic heterocycles. The normalized spacial score (nSPS) is 11.0. The lowest BCUT2D eigenvalue weighted by Gasteiger charge is -1.97. The fraction of sp³-hybridized carbons (Fsp3) is 0.0909. The van der Waals surface area contributed by atoms with Crippen LogP contribution in [0.25, 0.3) is 12.2 Å². The number of hydrogen-bond donors (Lipinski definition) is 1. The number of carboxylic acid groups (broad SMARTS) is 1. The van der Waals surface area contributed by atoms with Gasteiger partial charge in [0.1, 0.15) is 6.33 Å². The van der Waals surface area contributed by atoms with E-state index in [0.717, 1.165) is 10.2 Å². The van der Waals surface area contributed by atoms with Gasteiger partial charge in [0.05, 0.1) is 22.1 Å². The van der Waals surface area contributed by atoms with Gasteiger partial charge in [0.15, 0.2) is 5.69 Å². The molecule has 0 unspecified atom stereocenters. The molecule has 6 nitrogen and oxygen atoms in total. The molecule has 0 atom stereocenters. The Labute approximate surface area is 111 Å². The lowest BCUT2D eigenvalue weighted by Crippen LogP contribution is -2.01. The summed E-state index contributed by atoms with van der Waals surface area (Å²) in [6, 6.07) is 1.41. The third-order valence-corrected chi connectivity index (χ3v) is 2.87. The van der Waals surface area contributed by atoms with E-state index in [1.54, 1.807) is 23.0 Å². The van der Waals surface area contributed by atoms with Gasteiger partial charge in [0.2, 0.25) is 0 Å². The Kier molecular flexibility index (Phi) is 3.52. The predicted octanol–water partition coefficient (Wildman–Crippen LogP) is 1.84. The average Bonchev–Trinajstić information content (AvgIpc) is 2.67. The van der Waals surface area contributed by atoms with E-state index in [2.05, 4.69) is 31.0 Å². The Morgan fingerprint density at radius 2 is 2.22 bits per heavy atom. The summed E-state index contributed by atoms with van der Waals surface area (Å²) in [5, 5.41) is 12.9. The van der Waals surface area contributed by atoms with E-state index in [1.165, 1.54) is 12.4 Å². The number of hydrogen-bond acceptors (Lipinski definition) is 4. The summed E-state index contributed by atoms with van der Waals surface area (Å²) < 4.78 is 2.55. The molecule has 2 heterocycles. The Bertz CT molecular complexity index is 602. The highest BCUT2D eigenvalue weighted by Crippen LogP contribution is 2.17. The van der Waals surface area contributed by atoms with E-state index in [0.29, 0.717) is 5.69 Å². The molecule has 0 aliphatic carbocycles. The first-order chi connectivity index (χ1) is 8.58. The molecule has 0 radical (unpaired) electrons. The zero-order valence-corrected chi connectivity index (χ0v) is 11.0. The van der Waals surface area contributed by atoms with Gasteiger partial charge < -0.3 is 5.11 Å². The van der Waals surface area contributed by atoms with Crippen LogP contribution in [-0.4, -0.2) is 30.8 Å². The Hall–Kier alpha value is -2.02. The molecule has 0 saturated carbocycles. The second-order valence-corrected chi connectivity index (χ2v) is 4.32. The van der Waals surface area contributed by atoms with Gasteiger partial charge in [-0.25, -0.2) is 14.8 Å². The predicted molar refractivity (Wildman–Crippen MR) is 68.8 cm³/mol. The van der Waals surface area contributed by atoms with Crippen molar-refractivity contribution in [2.45, 2.75) is 0 Å². The van der Waals surface area contributed by atoms with Gasteiger partial charge >= 0.3 is 5.97 Å². The molecule has 0 saturated heterocycles. The van der Waals surface area contributed by atoms with Crippen molar-refractivity contribution in [3.63, 3.8) is 0 Å². The quantitative estimate of drug-likeness (QED) is 0.935. The molecule has 2 aromatic heterocycles. The number of aryl methyl sites for hydroxylation is 1. The third-order valence-electron chi connectivity index (χ3n) is 2.26. The van der Waals surface area contributed by atoms with Crippen molar-refractivity contribution in [1.82, 2.24) is 19.7 Å². The second-order valence-electron chi connectivity index (χ2n) is 3.47. The van der Waals surface area contributed by atoms with E-state index < -0.39 is 5.97 Å². The van der Waals surface area contributed by atoms with Gasteiger partial charge in [-0.3, -0.25) is 4.68 Å². The third kappa shape index (κ3) is 2.62. The lowest BCUT2D eigenvalue weighted by atomic mass is 10.3. The van der Waals surface area contributed by atoms with Crippen molar-refractivity contribution in [2.24, 2.45) is 7.05 Å². The van der Waals surface area contributed by atoms with Gasteiger partial charge in [0, 0.05) is 7.05 Å². The highest BCUT2D eigenvalue weighted by Gasteiger charge is 2.05. The number of carbonyl (C=O) groups is 1. The fourth-order valence-electron chi connectivity index (χ4n) is 1.35. The second kappa shape index (κ2) is 5.09. The standard InChI is InChI=1S/C11H9BrN4O2/c1-16-10(8(12)5-15-16)3-2-7-4-9(11(17)18)14-6-13-7/h2-6H,1H3,(H,17,18)/b3-2+. The summed E-state index contributed by atoms with van der Waals surface area (Å²) in [7, 11) is 1.81. The minimum atomic E-state index is -1.08. The molecule has 7 heteroatoms. The Balaban J connectivity index is 2.29. The smallest absolute Gasteiger partial charge is 0.354 e. The molecule has 0 aromatic carbocycles. The van der Waals surface area contributed by atoms with Gasteiger partial charge in [0.25, 0.3) is 0 Å². The maximum atomic E-state index is 10.8. The van der Waals surface area contributed by atoms with Crippen molar-refractivity contribution in [1.29, 1.82) is 0 Å². The molecule has 2 aromatic rings. The largest absolute Gasteiger partial charge is 0.477 e. The Morgan fingerprint density at radius 1 is 1.44 bits per heavy atom. The van der Waals surface area contributed by atoms with E-state index in [-0.39, 0.29) is 5.69 Å². The molecule has 1 N–H and O–H groups in total. The molecule has 2 rings (SSSR count). The van der Waals surface area contributed by atoms with Crippen LogP contribution in [0.3, 0.4) is 0 Å². The number of rotatable bonds is 3. The fourth-order valence-corrected chi connectivity index (χ4v) is 1.83. The van der Waals surface area contributed by atoms with Crippen LogP contribution in [0, 0.1) is 0 Å². The number of nitrogens with zero attached hydrogens (tertiary/aromatic N) is 4. The van der Waals surface area contributed by atoms with Gasteiger partial charge in [-0.05, 0) is 34.1 Å². The molecule has 92 valence electrons. The maximum absolute atomic E-state index is 10.8. The molecule has 0 aliphatic rings. The van der Waals surface area contributed by atoms with Crippen LogP contribution in [0.2, 0.25) is 0 Å². The van der Waals surface area contributed by atoms with Crippen molar-refractivity contribution >= 4 is 34.1 Å². The van der Waals surface area contributed by atoms with Gasteiger partial charge in [-0.1, -0.05) is 0 Å². The summed E-state index contributed by atoms with van der Waals surface area (Å²) in [6.45, 7) is 0. The Morgan fingerprint density at radius 3 is 2.83 bits per heavy atom. The molecule has 0 bridgehead atoms. The van der Waals surface area contributed by atoms with E-state index in [9.17, 15) is 4.79 Å². The topological polar surface area (TPSA) is 80.9 Å². The molecule has 0 amide bonds. The van der Waals surface area contributed by atoms with Crippen molar-refractivity contribution in [2.75, 3.05) is 0 Å². The van der Waals surface area contributed by atoms with E-state index in [4.69, 9.17) is 5.11 Å².